The van der Waals surface area contributed by atoms with Crippen molar-refractivity contribution in [3.8, 4) is 0 Å². The zero-order valence-corrected chi connectivity index (χ0v) is 14.2. The highest BCUT2D eigenvalue weighted by Gasteiger charge is 2.60. The van der Waals surface area contributed by atoms with Crippen LogP contribution in [0.15, 0.2) is 22.6 Å². The minimum absolute atomic E-state index is 0.358. The molecule has 3 atom stereocenters. The van der Waals surface area contributed by atoms with E-state index in [1.54, 1.807) is 18.2 Å². The van der Waals surface area contributed by atoms with Crippen molar-refractivity contribution >= 4 is 34.7 Å². The number of ether oxygens (including phenoxy) is 1. The number of esters is 1. The fourth-order valence-electron chi connectivity index (χ4n) is 3.86. The number of halogens is 4. The van der Waals surface area contributed by atoms with Crippen LogP contribution in [0.3, 0.4) is 0 Å². The number of nitrogens with zero attached hydrogens (tertiary/aromatic N) is 2. The van der Waals surface area contributed by atoms with Crippen LogP contribution < -0.4 is 10.6 Å². The maximum absolute atomic E-state index is 12.5. The summed E-state index contributed by atoms with van der Waals surface area (Å²) >= 11 is 5.94. The van der Waals surface area contributed by atoms with Gasteiger partial charge in [0.2, 0.25) is 0 Å². The number of nitrogens with two attached hydrogens (primary N) is 1. The first-order valence-electron chi connectivity index (χ1n) is 8.02. The molecule has 140 valence electrons. The van der Waals surface area contributed by atoms with Gasteiger partial charge in [-0.2, -0.15) is 18.2 Å². The van der Waals surface area contributed by atoms with E-state index in [9.17, 15) is 18.0 Å². The Balaban J connectivity index is 1.52. The molecule has 1 spiro atoms. The Morgan fingerprint density at radius 1 is 1.46 bits per heavy atom. The summed E-state index contributed by atoms with van der Waals surface area (Å²) in [5.74, 6) is -2.20. The van der Waals surface area contributed by atoms with Crippen molar-refractivity contribution in [3.05, 3.63) is 23.2 Å². The van der Waals surface area contributed by atoms with E-state index in [1.807, 2.05) is 4.90 Å². The molecule has 4 rings (SSSR count). The SMILES string of the molecule is NC1CC2(CCN(c3nc4cc(Cl)ccc4o3)C2)C1OC(=O)C(F)(F)F. The number of anilines is 1. The summed E-state index contributed by atoms with van der Waals surface area (Å²) in [5, 5.41) is 0.527. The number of hydrogen-bond donors (Lipinski definition) is 1. The van der Waals surface area contributed by atoms with Gasteiger partial charge in [0.1, 0.15) is 11.6 Å². The molecule has 10 heteroatoms. The molecule has 1 aromatic carbocycles. The number of alkyl halides is 3. The minimum atomic E-state index is -5.03. The average Bonchev–Trinajstić information content (AvgIpc) is 3.16. The molecule has 2 N–H and O–H groups in total. The molecule has 2 aromatic rings. The largest absolute Gasteiger partial charge is 0.490 e. The van der Waals surface area contributed by atoms with Gasteiger partial charge in [0.25, 0.3) is 6.01 Å². The Morgan fingerprint density at radius 2 is 2.23 bits per heavy atom. The molecule has 6 nitrogen and oxygen atoms in total. The fourth-order valence-corrected chi connectivity index (χ4v) is 4.03. The van der Waals surface area contributed by atoms with Gasteiger partial charge in [-0.1, -0.05) is 11.6 Å². The van der Waals surface area contributed by atoms with Gasteiger partial charge in [0.05, 0.1) is 0 Å². The molecule has 1 aromatic heterocycles. The van der Waals surface area contributed by atoms with E-state index in [1.165, 1.54) is 0 Å². The molecular weight excluding hydrogens is 375 g/mol. The van der Waals surface area contributed by atoms with Gasteiger partial charge in [-0.3, -0.25) is 0 Å². The highest BCUT2D eigenvalue weighted by atomic mass is 35.5. The number of rotatable bonds is 2. The van der Waals surface area contributed by atoms with Crippen molar-refractivity contribution in [1.82, 2.24) is 4.98 Å². The van der Waals surface area contributed by atoms with Crippen LogP contribution in [0, 0.1) is 5.41 Å². The summed E-state index contributed by atoms with van der Waals surface area (Å²) in [6, 6.07) is 4.81. The number of hydrogen-bond acceptors (Lipinski definition) is 6. The number of aromatic nitrogens is 1. The van der Waals surface area contributed by atoms with Crippen molar-refractivity contribution in [3.63, 3.8) is 0 Å². The maximum atomic E-state index is 12.5. The minimum Gasteiger partial charge on any atom is -0.453 e. The lowest BCUT2D eigenvalue weighted by Crippen LogP contribution is -2.63. The third-order valence-electron chi connectivity index (χ3n) is 5.09. The molecule has 2 heterocycles. The zero-order chi connectivity index (χ0) is 18.7. The highest BCUT2D eigenvalue weighted by molar-refractivity contribution is 6.31. The predicted octanol–water partition coefficient (Wildman–Crippen LogP) is 2.88. The van der Waals surface area contributed by atoms with E-state index in [0.29, 0.717) is 48.1 Å². The van der Waals surface area contributed by atoms with Crippen LogP contribution in [0.4, 0.5) is 19.2 Å². The first-order chi connectivity index (χ1) is 12.2. The summed E-state index contributed by atoms with van der Waals surface area (Å²) in [6.45, 7) is 0.879. The Morgan fingerprint density at radius 3 is 2.92 bits per heavy atom. The molecule has 2 fully saturated rings. The number of benzene rings is 1. The van der Waals surface area contributed by atoms with E-state index < -0.39 is 29.7 Å². The lowest BCUT2D eigenvalue weighted by molar-refractivity contribution is -0.220. The molecule has 26 heavy (non-hydrogen) atoms. The zero-order valence-electron chi connectivity index (χ0n) is 13.4. The Kier molecular flexibility index (Phi) is 3.85. The van der Waals surface area contributed by atoms with Crippen LogP contribution in [0.5, 0.6) is 0 Å². The molecule has 0 radical (unpaired) electrons. The normalized spacial score (nSPS) is 28.6. The smallest absolute Gasteiger partial charge is 0.453 e. The molecule has 0 amide bonds. The van der Waals surface area contributed by atoms with E-state index in [-0.39, 0.29) is 0 Å². The standard InChI is InChI=1S/C16H15ClF3N3O3/c17-8-1-2-11-10(5-8)22-14(25-11)23-4-3-15(7-23)6-9(21)12(15)26-13(24)16(18,19)20/h1-2,5,9,12H,3-4,6-7,21H2. The quantitative estimate of drug-likeness (QED) is 0.795. The highest BCUT2D eigenvalue weighted by Crippen LogP contribution is 2.50. The van der Waals surface area contributed by atoms with Crippen molar-refractivity contribution in [2.75, 3.05) is 18.0 Å². The monoisotopic (exact) mass is 389 g/mol. The van der Waals surface area contributed by atoms with Crippen molar-refractivity contribution in [2.24, 2.45) is 11.1 Å². The van der Waals surface area contributed by atoms with E-state index >= 15 is 0 Å². The van der Waals surface area contributed by atoms with Gasteiger partial charge >= 0.3 is 12.1 Å². The Hall–Kier alpha value is -2.00. The second kappa shape index (κ2) is 5.75. The predicted molar refractivity (Wildman–Crippen MR) is 86.8 cm³/mol. The average molecular weight is 390 g/mol. The Labute approximate surface area is 151 Å². The van der Waals surface area contributed by atoms with Crippen LogP contribution in [-0.2, 0) is 9.53 Å². The van der Waals surface area contributed by atoms with Crippen LogP contribution in [0.1, 0.15) is 12.8 Å². The van der Waals surface area contributed by atoms with E-state index in [0.717, 1.165) is 0 Å². The summed E-state index contributed by atoms with van der Waals surface area (Å²) in [7, 11) is 0. The van der Waals surface area contributed by atoms with Crippen molar-refractivity contribution in [1.29, 1.82) is 0 Å². The van der Waals surface area contributed by atoms with E-state index in [2.05, 4.69) is 9.72 Å². The molecular formula is C16H15ClF3N3O3. The second-order valence-corrected chi connectivity index (χ2v) is 7.27. The number of fused-ring (bicyclic) bond motifs is 1. The first-order valence-corrected chi connectivity index (χ1v) is 8.40. The number of carbonyl (C=O) groups is 1. The fraction of sp³-hybridized carbons (Fsp3) is 0.500. The summed E-state index contributed by atoms with van der Waals surface area (Å²) in [4.78, 5) is 17.4. The topological polar surface area (TPSA) is 81.6 Å². The van der Waals surface area contributed by atoms with Gasteiger partial charge in [-0.25, -0.2) is 4.79 Å². The molecule has 1 saturated carbocycles. The van der Waals surface area contributed by atoms with E-state index in [4.69, 9.17) is 21.8 Å². The van der Waals surface area contributed by atoms with Crippen LogP contribution in [0.25, 0.3) is 11.1 Å². The molecule has 0 bridgehead atoms. The van der Waals surface area contributed by atoms with Crippen LogP contribution >= 0.6 is 11.6 Å². The summed E-state index contributed by atoms with van der Waals surface area (Å²) in [6.07, 6.45) is -4.99. The molecule has 1 saturated heterocycles. The number of oxazole rings is 1. The third kappa shape index (κ3) is 2.79. The van der Waals surface area contributed by atoms with Crippen molar-refractivity contribution in [2.45, 2.75) is 31.2 Å². The third-order valence-corrected chi connectivity index (χ3v) is 5.33. The van der Waals surface area contributed by atoms with Gasteiger partial charge in [0, 0.05) is 29.6 Å². The van der Waals surface area contributed by atoms with Crippen LogP contribution in [0.2, 0.25) is 5.02 Å². The molecule has 1 aliphatic carbocycles. The summed E-state index contributed by atoms with van der Waals surface area (Å²) in [5.41, 5.74) is 6.36. The molecule has 3 unspecified atom stereocenters. The first kappa shape index (κ1) is 17.4. The lowest BCUT2D eigenvalue weighted by Gasteiger charge is -2.50. The van der Waals surface area contributed by atoms with Gasteiger partial charge in [0.15, 0.2) is 5.58 Å². The Bertz CT molecular complexity index is 871. The van der Waals surface area contributed by atoms with Gasteiger partial charge in [-0.15, -0.1) is 0 Å². The van der Waals surface area contributed by atoms with Gasteiger partial charge in [-0.05, 0) is 31.0 Å². The molecule has 1 aliphatic heterocycles. The second-order valence-electron chi connectivity index (χ2n) is 6.83. The number of carbonyl (C=O) groups excluding carboxylic acids is 1. The summed E-state index contributed by atoms with van der Waals surface area (Å²) < 4.78 is 47.9. The maximum Gasteiger partial charge on any atom is 0.490 e. The molecule has 2 aliphatic rings. The lowest BCUT2D eigenvalue weighted by atomic mass is 9.62. The van der Waals surface area contributed by atoms with Gasteiger partial charge < -0.3 is 19.8 Å². The van der Waals surface area contributed by atoms with Crippen molar-refractivity contribution < 1.29 is 27.1 Å². The van der Waals surface area contributed by atoms with Crippen LogP contribution in [-0.4, -0.2) is 42.4 Å².